The van der Waals surface area contributed by atoms with Crippen molar-refractivity contribution >= 4 is 57.8 Å². The third kappa shape index (κ3) is 5.85. The number of hydrazine groups is 1. The molecule has 0 bridgehead atoms. The SMILES string of the molecule is COc1cc(/C=C2\SC(=S)N(NC(=O)c3ccccc3Cl)C2=O)ccc1OCc1ccc(C)cc1. The van der Waals surface area contributed by atoms with Crippen LogP contribution in [0.5, 0.6) is 11.5 Å². The Labute approximate surface area is 217 Å². The van der Waals surface area contributed by atoms with Crippen LogP contribution in [0.15, 0.2) is 71.6 Å². The molecule has 2 amide bonds. The quantitative estimate of drug-likeness (QED) is 0.312. The molecule has 9 heteroatoms. The lowest BCUT2D eigenvalue weighted by Gasteiger charge is -2.16. The summed E-state index contributed by atoms with van der Waals surface area (Å²) in [5.41, 5.74) is 5.73. The summed E-state index contributed by atoms with van der Waals surface area (Å²) in [5, 5.41) is 1.33. The van der Waals surface area contributed by atoms with Crippen molar-refractivity contribution in [1.82, 2.24) is 10.4 Å². The van der Waals surface area contributed by atoms with E-state index in [0.29, 0.717) is 23.0 Å². The van der Waals surface area contributed by atoms with Crippen LogP contribution >= 0.6 is 35.6 Å². The van der Waals surface area contributed by atoms with Crippen LogP contribution in [0.4, 0.5) is 0 Å². The van der Waals surface area contributed by atoms with Crippen LogP contribution in [0.25, 0.3) is 6.08 Å². The number of hydrogen-bond acceptors (Lipinski definition) is 6. The fourth-order valence-electron chi connectivity index (χ4n) is 3.26. The summed E-state index contributed by atoms with van der Waals surface area (Å²) in [6.45, 7) is 2.44. The van der Waals surface area contributed by atoms with Crippen molar-refractivity contribution in [2.75, 3.05) is 7.11 Å². The van der Waals surface area contributed by atoms with Crippen molar-refractivity contribution in [3.05, 3.63) is 98.9 Å². The highest BCUT2D eigenvalue weighted by Gasteiger charge is 2.34. The summed E-state index contributed by atoms with van der Waals surface area (Å²) in [5.74, 6) is 0.169. The second-order valence-electron chi connectivity index (χ2n) is 7.62. The number of thiocarbonyl (C=S) groups is 1. The molecule has 3 aromatic carbocycles. The Morgan fingerprint density at radius 2 is 1.86 bits per heavy atom. The van der Waals surface area contributed by atoms with Gasteiger partial charge in [-0.25, -0.2) is 0 Å². The van der Waals surface area contributed by atoms with Crippen LogP contribution in [0, 0.1) is 6.92 Å². The smallest absolute Gasteiger partial charge is 0.285 e. The van der Waals surface area contributed by atoms with Crippen LogP contribution in [-0.2, 0) is 11.4 Å². The molecule has 0 atom stereocenters. The van der Waals surface area contributed by atoms with E-state index in [1.54, 1.807) is 49.6 Å². The minimum atomic E-state index is -0.523. The zero-order chi connectivity index (χ0) is 24.9. The highest BCUT2D eigenvalue weighted by Crippen LogP contribution is 2.34. The van der Waals surface area contributed by atoms with Crippen molar-refractivity contribution < 1.29 is 19.1 Å². The molecular weight excluding hydrogens is 504 g/mol. The van der Waals surface area contributed by atoms with Crippen LogP contribution in [0.2, 0.25) is 5.02 Å². The number of benzene rings is 3. The molecule has 35 heavy (non-hydrogen) atoms. The Bertz CT molecular complexity index is 1330. The minimum absolute atomic E-state index is 0.215. The Kier molecular flexibility index (Phi) is 7.75. The molecule has 3 aromatic rings. The van der Waals surface area contributed by atoms with Crippen LogP contribution in [-0.4, -0.2) is 28.3 Å². The monoisotopic (exact) mass is 524 g/mol. The van der Waals surface area contributed by atoms with E-state index in [0.717, 1.165) is 27.9 Å². The Morgan fingerprint density at radius 1 is 1.11 bits per heavy atom. The van der Waals surface area contributed by atoms with Gasteiger partial charge in [-0.05, 0) is 60.6 Å². The molecule has 1 saturated heterocycles. The Morgan fingerprint density at radius 3 is 2.57 bits per heavy atom. The fraction of sp³-hybridized carbons (Fsp3) is 0.115. The molecule has 178 valence electrons. The first kappa shape index (κ1) is 24.8. The number of nitrogens with one attached hydrogen (secondary N) is 1. The number of carbonyl (C=O) groups is 2. The van der Waals surface area contributed by atoms with Gasteiger partial charge in [-0.3, -0.25) is 15.0 Å². The number of thioether (sulfide) groups is 1. The van der Waals surface area contributed by atoms with E-state index >= 15 is 0 Å². The maximum Gasteiger partial charge on any atom is 0.285 e. The largest absolute Gasteiger partial charge is 0.493 e. The van der Waals surface area contributed by atoms with E-state index in [1.165, 1.54) is 5.56 Å². The predicted octanol–water partition coefficient (Wildman–Crippen LogP) is 5.78. The number of carbonyl (C=O) groups excluding carboxylic acids is 2. The molecule has 0 aromatic heterocycles. The number of hydrogen-bond donors (Lipinski definition) is 1. The van der Waals surface area contributed by atoms with E-state index in [2.05, 4.69) is 5.43 Å². The molecule has 0 radical (unpaired) electrons. The lowest BCUT2D eigenvalue weighted by molar-refractivity contribution is -0.123. The maximum atomic E-state index is 12.9. The van der Waals surface area contributed by atoms with Gasteiger partial charge in [0.1, 0.15) is 6.61 Å². The lowest BCUT2D eigenvalue weighted by atomic mass is 10.1. The third-order valence-electron chi connectivity index (χ3n) is 5.13. The summed E-state index contributed by atoms with van der Waals surface area (Å²) < 4.78 is 11.6. The number of methoxy groups -OCH3 is 1. The number of nitrogens with zero attached hydrogens (tertiary/aromatic N) is 1. The fourth-order valence-corrected chi connectivity index (χ4v) is 4.66. The second-order valence-corrected chi connectivity index (χ2v) is 9.71. The summed E-state index contributed by atoms with van der Waals surface area (Å²) in [6, 6.07) is 20.1. The van der Waals surface area contributed by atoms with Gasteiger partial charge >= 0.3 is 0 Å². The van der Waals surface area contributed by atoms with Gasteiger partial charge in [0.15, 0.2) is 15.8 Å². The molecule has 1 aliphatic heterocycles. The van der Waals surface area contributed by atoms with Gasteiger partial charge in [-0.2, -0.15) is 5.01 Å². The zero-order valence-corrected chi connectivity index (χ0v) is 21.3. The van der Waals surface area contributed by atoms with Gasteiger partial charge in [-0.15, -0.1) is 0 Å². The molecule has 0 saturated carbocycles. The summed E-state index contributed by atoms with van der Waals surface area (Å²) in [7, 11) is 1.56. The van der Waals surface area contributed by atoms with E-state index in [1.807, 2.05) is 37.3 Å². The van der Waals surface area contributed by atoms with Crippen LogP contribution in [0.3, 0.4) is 0 Å². The third-order valence-corrected chi connectivity index (χ3v) is 6.76. The molecular formula is C26H21ClN2O4S2. The molecule has 4 rings (SSSR count). The topological polar surface area (TPSA) is 67.9 Å². The van der Waals surface area contributed by atoms with E-state index in [4.69, 9.17) is 33.3 Å². The summed E-state index contributed by atoms with van der Waals surface area (Å²) in [6.07, 6.45) is 1.69. The van der Waals surface area contributed by atoms with E-state index in [9.17, 15) is 9.59 Å². The Hall–Kier alpha value is -3.33. The van der Waals surface area contributed by atoms with Gasteiger partial charge in [0.25, 0.3) is 11.8 Å². The number of amides is 2. The molecule has 6 nitrogen and oxygen atoms in total. The predicted molar refractivity (Wildman–Crippen MR) is 142 cm³/mol. The summed E-state index contributed by atoms with van der Waals surface area (Å²) >= 11 is 12.5. The number of aryl methyl sites for hydroxylation is 1. The van der Waals surface area contributed by atoms with E-state index < -0.39 is 11.8 Å². The number of halogens is 1. The van der Waals surface area contributed by atoms with Gasteiger partial charge in [0.2, 0.25) is 0 Å². The van der Waals surface area contributed by atoms with Crippen LogP contribution < -0.4 is 14.9 Å². The van der Waals surface area contributed by atoms with Gasteiger partial charge < -0.3 is 9.47 Å². The first-order valence-electron chi connectivity index (χ1n) is 10.6. The zero-order valence-electron chi connectivity index (χ0n) is 18.9. The molecule has 1 aliphatic rings. The second kappa shape index (κ2) is 10.9. The first-order valence-corrected chi connectivity index (χ1v) is 12.2. The van der Waals surface area contributed by atoms with Gasteiger partial charge in [0, 0.05) is 0 Å². The normalized spacial score (nSPS) is 14.4. The van der Waals surface area contributed by atoms with Crippen LogP contribution in [0.1, 0.15) is 27.0 Å². The summed E-state index contributed by atoms with van der Waals surface area (Å²) in [4.78, 5) is 25.9. The highest BCUT2D eigenvalue weighted by molar-refractivity contribution is 8.26. The minimum Gasteiger partial charge on any atom is -0.493 e. The lowest BCUT2D eigenvalue weighted by Crippen LogP contribution is -2.44. The first-order chi connectivity index (χ1) is 16.9. The van der Waals surface area contributed by atoms with Crippen molar-refractivity contribution in [2.45, 2.75) is 13.5 Å². The molecule has 1 fully saturated rings. The highest BCUT2D eigenvalue weighted by atomic mass is 35.5. The molecule has 0 spiro atoms. The van der Waals surface area contributed by atoms with Crippen molar-refractivity contribution in [3.63, 3.8) is 0 Å². The van der Waals surface area contributed by atoms with E-state index in [-0.39, 0.29) is 14.9 Å². The van der Waals surface area contributed by atoms with Crippen molar-refractivity contribution in [3.8, 4) is 11.5 Å². The molecule has 1 heterocycles. The average Bonchev–Trinajstić information content (AvgIpc) is 3.11. The van der Waals surface area contributed by atoms with Gasteiger partial charge in [-0.1, -0.05) is 71.4 Å². The average molecular weight is 525 g/mol. The van der Waals surface area contributed by atoms with Crippen molar-refractivity contribution in [1.29, 1.82) is 0 Å². The molecule has 1 N–H and O–H groups in total. The standard InChI is InChI=1S/C26H21ClN2O4S2/c1-16-7-9-17(10-8-16)15-33-21-12-11-18(13-22(21)32-2)14-23-25(31)29(26(34)35-23)28-24(30)19-5-3-4-6-20(19)27/h3-14H,15H2,1-2H3,(H,28,30)/b23-14-. The maximum absolute atomic E-state index is 12.9. The molecule has 0 unspecified atom stereocenters. The number of ether oxygens (including phenoxy) is 2. The number of rotatable bonds is 7. The van der Waals surface area contributed by atoms with Crippen molar-refractivity contribution in [2.24, 2.45) is 0 Å². The Balaban J connectivity index is 1.47. The van der Waals surface area contributed by atoms with Gasteiger partial charge in [0.05, 0.1) is 22.6 Å². The molecule has 0 aliphatic carbocycles.